The molecule has 2 aromatic rings. The van der Waals surface area contributed by atoms with Crippen molar-refractivity contribution in [3.8, 4) is 5.75 Å². The van der Waals surface area contributed by atoms with Crippen molar-refractivity contribution in [3.05, 3.63) is 71.4 Å². The summed E-state index contributed by atoms with van der Waals surface area (Å²) in [5, 5.41) is 1.66. The average Bonchev–Trinajstić information content (AvgIpc) is 2.61. The molecule has 0 bridgehead atoms. The maximum absolute atomic E-state index is 6.41. The summed E-state index contributed by atoms with van der Waals surface area (Å²) in [5.41, 5.74) is 1.93. The lowest BCUT2D eigenvalue weighted by Gasteiger charge is -2.32. The van der Waals surface area contributed by atoms with Gasteiger partial charge in [-0.15, -0.1) is 0 Å². The maximum Gasteiger partial charge on any atom is 0.152 e. The Morgan fingerprint density at radius 1 is 1.29 bits per heavy atom. The van der Waals surface area contributed by atoms with Gasteiger partial charge in [0.15, 0.2) is 5.75 Å². The van der Waals surface area contributed by atoms with E-state index in [0.717, 1.165) is 33.8 Å². The zero-order chi connectivity index (χ0) is 16.9. The van der Waals surface area contributed by atoms with E-state index in [1.165, 1.54) is 0 Å². The van der Waals surface area contributed by atoms with Gasteiger partial charge in [-0.3, -0.25) is 9.88 Å². The van der Waals surface area contributed by atoms with Gasteiger partial charge in [0.05, 0.1) is 5.02 Å². The van der Waals surface area contributed by atoms with Crippen LogP contribution in [0.1, 0.15) is 19.4 Å². The maximum atomic E-state index is 6.41. The summed E-state index contributed by atoms with van der Waals surface area (Å²) in [5.74, 6) is 0.857. The average molecular weight is 341 g/mol. The summed E-state index contributed by atoms with van der Waals surface area (Å²) < 4.78 is 6.01. The van der Waals surface area contributed by atoms with Crippen LogP contribution in [0.3, 0.4) is 0 Å². The second-order valence-electron chi connectivity index (χ2n) is 5.80. The first-order valence-electron chi connectivity index (χ1n) is 8.10. The minimum absolute atomic E-state index is 0.270. The predicted octanol–water partition coefficient (Wildman–Crippen LogP) is 5.12. The molecule has 1 atom stereocenters. The Kier molecular flexibility index (Phi) is 5.34. The Balaban J connectivity index is 1.79. The highest BCUT2D eigenvalue weighted by Crippen LogP contribution is 2.36. The molecule has 0 N–H and O–H groups in total. The lowest BCUT2D eigenvalue weighted by Crippen LogP contribution is -2.37. The molecule has 0 amide bonds. The van der Waals surface area contributed by atoms with Crippen LogP contribution >= 0.6 is 11.6 Å². The Bertz CT molecular complexity index is 811. The third-order valence-electron chi connectivity index (χ3n) is 4.11. The minimum Gasteiger partial charge on any atom is -0.475 e. The molecule has 1 aliphatic heterocycles. The van der Waals surface area contributed by atoms with Crippen LogP contribution in [0, 0.1) is 0 Å². The van der Waals surface area contributed by atoms with E-state index in [9.17, 15) is 0 Å². The van der Waals surface area contributed by atoms with Crippen LogP contribution < -0.4 is 4.74 Å². The lowest BCUT2D eigenvalue weighted by molar-refractivity contribution is 0.0793. The van der Waals surface area contributed by atoms with E-state index in [-0.39, 0.29) is 6.04 Å². The molecule has 3 rings (SSSR count). The molecule has 4 heteroatoms. The van der Waals surface area contributed by atoms with E-state index in [4.69, 9.17) is 16.3 Å². The SMILES string of the molecule is C\C=C/C=C\C=C\C(C)N1COc2c(cc(Cl)c3cccnc23)C1. The fraction of sp³-hybridized carbons (Fsp3) is 0.250. The van der Waals surface area contributed by atoms with Crippen molar-refractivity contribution < 1.29 is 4.74 Å². The number of halogens is 1. The summed E-state index contributed by atoms with van der Waals surface area (Å²) in [6, 6.07) is 6.13. The number of hydrogen-bond donors (Lipinski definition) is 0. The molecule has 0 spiro atoms. The van der Waals surface area contributed by atoms with Crippen molar-refractivity contribution in [1.29, 1.82) is 0 Å². The van der Waals surface area contributed by atoms with E-state index in [1.54, 1.807) is 6.20 Å². The topological polar surface area (TPSA) is 25.4 Å². The second kappa shape index (κ2) is 7.65. The molecule has 0 radical (unpaired) electrons. The number of aromatic nitrogens is 1. The highest BCUT2D eigenvalue weighted by molar-refractivity contribution is 6.35. The summed E-state index contributed by atoms with van der Waals surface area (Å²) in [4.78, 5) is 6.70. The fourth-order valence-electron chi connectivity index (χ4n) is 2.77. The van der Waals surface area contributed by atoms with Crippen LogP contribution in [0.25, 0.3) is 10.9 Å². The van der Waals surface area contributed by atoms with Gasteiger partial charge < -0.3 is 4.74 Å². The highest BCUT2D eigenvalue weighted by Gasteiger charge is 2.23. The van der Waals surface area contributed by atoms with Gasteiger partial charge in [0, 0.05) is 29.7 Å². The van der Waals surface area contributed by atoms with Gasteiger partial charge >= 0.3 is 0 Å². The number of benzene rings is 1. The minimum atomic E-state index is 0.270. The number of nitrogens with zero attached hydrogens (tertiary/aromatic N) is 2. The second-order valence-corrected chi connectivity index (χ2v) is 6.21. The van der Waals surface area contributed by atoms with Crippen LogP contribution in [-0.2, 0) is 6.54 Å². The third kappa shape index (κ3) is 3.53. The normalized spacial score (nSPS) is 17.0. The fourth-order valence-corrected chi connectivity index (χ4v) is 3.05. The van der Waals surface area contributed by atoms with Crippen molar-refractivity contribution >= 4 is 22.5 Å². The zero-order valence-corrected chi connectivity index (χ0v) is 14.7. The smallest absolute Gasteiger partial charge is 0.152 e. The quantitative estimate of drug-likeness (QED) is 0.722. The number of fused-ring (bicyclic) bond motifs is 3. The Morgan fingerprint density at radius 2 is 2.12 bits per heavy atom. The van der Waals surface area contributed by atoms with E-state index in [1.807, 2.05) is 49.4 Å². The van der Waals surface area contributed by atoms with E-state index >= 15 is 0 Å². The first kappa shape index (κ1) is 16.7. The summed E-state index contributed by atoms with van der Waals surface area (Å²) >= 11 is 6.41. The zero-order valence-electron chi connectivity index (χ0n) is 13.9. The first-order chi connectivity index (χ1) is 11.7. The van der Waals surface area contributed by atoms with Gasteiger partial charge in [-0.2, -0.15) is 0 Å². The van der Waals surface area contributed by atoms with E-state index < -0.39 is 0 Å². The first-order valence-corrected chi connectivity index (χ1v) is 8.47. The summed E-state index contributed by atoms with van der Waals surface area (Å²) in [7, 11) is 0. The summed E-state index contributed by atoms with van der Waals surface area (Å²) in [6.45, 7) is 5.51. The van der Waals surface area contributed by atoms with Crippen LogP contribution in [0.4, 0.5) is 0 Å². The molecule has 1 aromatic heterocycles. The standard InChI is InChI=1S/C20H21ClN2O/c1-3-4-5-6-7-9-15(2)23-13-16-12-18(21)17-10-8-11-22-19(17)20(16)24-14-23/h3-12,15H,13-14H2,1-2H3/b4-3-,6-5-,9-7+. The molecular weight excluding hydrogens is 320 g/mol. The number of rotatable bonds is 4. The lowest BCUT2D eigenvalue weighted by atomic mass is 10.1. The predicted molar refractivity (Wildman–Crippen MR) is 100 cm³/mol. The molecule has 1 aliphatic rings. The van der Waals surface area contributed by atoms with Gasteiger partial charge in [0.1, 0.15) is 12.2 Å². The molecule has 0 saturated heterocycles. The Hall–Kier alpha value is -2.10. The van der Waals surface area contributed by atoms with Crippen molar-refractivity contribution in [2.45, 2.75) is 26.4 Å². The van der Waals surface area contributed by atoms with Gasteiger partial charge in [-0.05, 0) is 32.0 Å². The molecule has 0 fully saturated rings. The van der Waals surface area contributed by atoms with Gasteiger partial charge in [-0.25, -0.2) is 0 Å². The number of hydrogen-bond acceptors (Lipinski definition) is 3. The molecule has 0 saturated carbocycles. The molecule has 124 valence electrons. The number of ether oxygens (including phenoxy) is 1. The van der Waals surface area contributed by atoms with Crippen molar-refractivity contribution in [2.24, 2.45) is 0 Å². The third-order valence-corrected chi connectivity index (χ3v) is 4.42. The molecule has 1 aromatic carbocycles. The van der Waals surface area contributed by atoms with Crippen LogP contribution in [0.5, 0.6) is 5.75 Å². The van der Waals surface area contributed by atoms with Crippen LogP contribution in [-0.4, -0.2) is 22.7 Å². The molecular formula is C20H21ClN2O. The van der Waals surface area contributed by atoms with E-state index in [0.29, 0.717) is 6.73 Å². The Morgan fingerprint density at radius 3 is 2.96 bits per heavy atom. The van der Waals surface area contributed by atoms with Gasteiger partial charge in [0.2, 0.25) is 0 Å². The highest BCUT2D eigenvalue weighted by atomic mass is 35.5. The van der Waals surface area contributed by atoms with Gasteiger partial charge in [0.25, 0.3) is 0 Å². The van der Waals surface area contributed by atoms with Crippen molar-refractivity contribution in [2.75, 3.05) is 6.73 Å². The molecule has 1 unspecified atom stereocenters. The van der Waals surface area contributed by atoms with Crippen molar-refractivity contribution in [1.82, 2.24) is 9.88 Å². The Labute approximate surface area is 147 Å². The summed E-state index contributed by atoms with van der Waals surface area (Å²) in [6.07, 6.45) is 14.1. The number of allylic oxidation sites excluding steroid dienone is 5. The molecule has 0 aliphatic carbocycles. The van der Waals surface area contributed by atoms with Gasteiger partial charge in [-0.1, -0.05) is 48.1 Å². The monoisotopic (exact) mass is 340 g/mol. The molecule has 24 heavy (non-hydrogen) atoms. The molecule has 3 nitrogen and oxygen atoms in total. The van der Waals surface area contributed by atoms with Crippen molar-refractivity contribution in [3.63, 3.8) is 0 Å². The number of pyridine rings is 1. The largest absolute Gasteiger partial charge is 0.475 e. The van der Waals surface area contributed by atoms with E-state index in [2.05, 4.69) is 29.0 Å². The molecule has 2 heterocycles. The van der Waals surface area contributed by atoms with Crippen LogP contribution in [0.2, 0.25) is 5.02 Å². The van der Waals surface area contributed by atoms with Crippen LogP contribution in [0.15, 0.2) is 60.9 Å².